The molecule has 15 heavy (non-hydrogen) atoms. The number of halogens is 1. The first-order valence-electron chi connectivity index (χ1n) is 4.58. The molecule has 0 unspecified atom stereocenters. The minimum Gasteiger partial charge on any atom is -0.461 e. The Morgan fingerprint density at radius 3 is 2.93 bits per heavy atom. The highest BCUT2D eigenvalue weighted by atomic mass is 35.5. The molecular weight excluding hydrogens is 218 g/mol. The van der Waals surface area contributed by atoms with Crippen molar-refractivity contribution in [3.63, 3.8) is 0 Å². The summed E-state index contributed by atoms with van der Waals surface area (Å²) < 4.78 is 4.80. The molecule has 1 rings (SSSR count). The van der Waals surface area contributed by atoms with Crippen molar-refractivity contribution in [3.8, 4) is 0 Å². The Bertz CT molecular complexity index is 357. The minimum absolute atomic E-state index is 0.167. The second-order valence-corrected chi connectivity index (χ2v) is 3.14. The molecule has 0 spiro atoms. The Morgan fingerprint density at radius 1 is 1.60 bits per heavy atom. The molecule has 0 aliphatic carbocycles. The first-order chi connectivity index (χ1) is 7.17. The Morgan fingerprint density at radius 2 is 2.33 bits per heavy atom. The topological polar surface area (TPSA) is 78.1 Å². The highest BCUT2D eigenvalue weighted by molar-refractivity contribution is 6.29. The number of hydrogen-bond acceptors (Lipinski definition) is 5. The normalized spacial score (nSPS) is 10.1. The molecule has 0 aliphatic heterocycles. The molecule has 0 radical (unpaired) electrons. The second-order valence-electron chi connectivity index (χ2n) is 2.75. The standard InChI is InChI=1S/C9H12ClN3O2/c1-2-15-9(14)6-5-7(10)13-8(12-6)3-4-11/h5H,2-4,11H2,1H3. The maximum absolute atomic E-state index is 11.4. The van der Waals surface area contributed by atoms with Crippen LogP contribution in [-0.2, 0) is 11.2 Å². The van der Waals surface area contributed by atoms with Crippen molar-refractivity contribution < 1.29 is 9.53 Å². The Hall–Kier alpha value is -1.20. The highest BCUT2D eigenvalue weighted by Gasteiger charge is 2.11. The van der Waals surface area contributed by atoms with Crippen LogP contribution < -0.4 is 5.73 Å². The van der Waals surface area contributed by atoms with Crippen LogP contribution in [0.3, 0.4) is 0 Å². The number of esters is 1. The van der Waals surface area contributed by atoms with E-state index in [1.54, 1.807) is 6.92 Å². The average Bonchev–Trinajstić information content (AvgIpc) is 2.17. The van der Waals surface area contributed by atoms with Crippen molar-refractivity contribution in [2.45, 2.75) is 13.3 Å². The summed E-state index contributed by atoms with van der Waals surface area (Å²) in [5.74, 6) is -0.0480. The smallest absolute Gasteiger partial charge is 0.357 e. The van der Waals surface area contributed by atoms with Crippen molar-refractivity contribution >= 4 is 17.6 Å². The molecule has 82 valence electrons. The molecular formula is C9H12ClN3O2. The lowest BCUT2D eigenvalue weighted by atomic mass is 10.3. The van der Waals surface area contributed by atoms with Crippen LogP contribution in [0.5, 0.6) is 0 Å². The molecule has 2 N–H and O–H groups in total. The van der Waals surface area contributed by atoms with Gasteiger partial charge in [0.05, 0.1) is 6.61 Å². The van der Waals surface area contributed by atoms with Gasteiger partial charge in [-0.1, -0.05) is 11.6 Å². The van der Waals surface area contributed by atoms with Gasteiger partial charge in [-0.3, -0.25) is 0 Å². The number of hydrogen-bond donors (Lipinski definition) is 1. The van der Waals surface area contributed by atoms with Gasteiger partial charge >= 0.3 is 5.97 Å². The number of aromatic nitrogens is 2. The zero-order valence-electron chi connectivity index (χ0n) is 8.36. The van der Waals surface area contributed by atoms with Gasteiger partial charge in [0.2, 0.25) is 0 Å². The third kappa shape index (κ3) is 3.45. The van der Waals surface area contributed by atoms with E-state index in [9.17, 15) is 4.79 Å². The summed E-state index contributed by atoms with van der Waals surface area (Å²) >= 11 is 5.73. The molecule has 0 saturated heterocycles. The van der Waals surface area contributed by atoms with Gasteiger partial charge in [0.15, 0.2) is 5.69 Å². The quantitative estimate of drug-likeness (QED) is 0.611. The number of rotatable bonds is 4. The van der Waals surface area contributed by atoms with E-state index in [2.05, 4.69) is 9.97 Å². The van der Waals surface area contributed by atoms with E-state index >= 15 is 0 Å². The summed E-state index contributed by atoms with van der Waals surface area (Å²) in [6, 6.07) is 1.37. The predicted molar refractivity (Wildman–Crippen MR) is 55.8 cm³/mol. The van der Waals surface area contributed by atoms with E-state index in [4.69, 9.17) is 22.1 Å². The molecule has 0 saturated carbocycles. The zero-order chi connectivity index (χ0) is 11.3. The lowest BCUT2D eigenvalue weighted by Gasteiger charge is -2.03. The predicted octanol–water partition coefficient (Wildman–Crippen LogP) is 0.808. The highest BCUT2D eigenvalue weighted by Crippen LogP contribution is 2.08. The van der Waals surface area contributed by atoms with Gasteiger partial charge in [0.1, 0.15) is 11.0 Å². The van der Waals surface area contributed by atoms with Crippen LogP contribution in [0.2, 0.25) is 5.15 Å². The largest absolute Gasteiger partial charge is 0.461 e. The van der Waals surface area contributed by atoms with E-state index in [1.165, 1.54) is 6.07 Å². The van der Waals surface area contributed by atoms with Crippen LogP contribution >= 0.6 is 11.6 Å². The van der Waals surface area contributed by atoms with Gasteiger partial charge in [-0.2, -0.15) is 0 Å². The summed E-state index contributed by atoms with van der Waals surface area (Å²) in [5, 5.41) is 0.219. The van der Waals surface area contributed by atoms with Crippen LogP contribution in [0.15, 0.2) is 6.07 Å². The summed E-state index contributed by atoms with van der Waals surface area (Å²) in [5.41, 5.74) is 5.52. The Balaban J connectivity index is 2.92. The van der Waals surface area contributed by atoms with Gasteiger partial charge < -0.3 is 10.5 Å². The Kier molecular flexibility index (Phi) is 4.45. The molecule has 0 bridgehead atoms. The molecule has 1 heterocycles. The van der Waals surface area contributed by atoms with E-state index < -0.39 is 5.97 Å². The van der Waals surface area contributed by atoms with Crippen LogP contribution in [0.4, 0.5) is 0 Å². The zero-order valence-corrected chi connectivity index (χ0v) is 9.12. The van der Waals surface area contributed by atoms with E-state index in [1.807, 2.05) is 0 Å². The lowest BCUT2D eigenvalue weighted by molar-refractivity contribution is 0.0519. The van der Waals surface area contributed by atoms with Crippen LogP contribution in [0.25, 0.3) is 0 Å². The number of nitrogens with two attached hydrogens (primary N) is 1. The van der Waals surface area contributed by atoms with E-state index in [0.29, 0.717) is 25.4 Å². The summed E-state index contributed by atoms with van der Waals surface area (Å²) in [7, 11) is 0. The maximum Gasteiger partial charge on any atom is 0.357 e. The maximum atomic E-state index is 11.4. The second kappa shape index (κ2) is 5.63. The van der Waals surface area contributed by atoms with Crippen molar-refractivity contribution in [1.29, 1.82) is 0 Å². The third-order valence-corrected chi connectivity index (χ3v) is 1.79. The monoisotopic (exact) mass is 229 g/mol. The fourth-order valence-electron chi connectivity index (χ4n) is 1.02. The molecule has 1 aromatic rings. The van der Waals surface area contributed by atoms with Crippen molar-refractivity contribution in [3.05, 3.63) is 22.7 Å². The molecule has 0 fully saturated rings. The molecule has 6 heteroatoms. The molecule has 0 amide bonds. The molecule has 0 aliphatic rings. The summed E-state index contributed by atoms with van der Waals surface area (Å²) in [6.45, 7) is 2.43. The lowest BCUT2D eigenvalue weighted by Crippen LogP contribution is -2.12. The molecule has 0 atom stereocenters. The average molecular weight is 230 g/mol. The van der Waals surface area contributed by atoms with Gasteiger partial charge in [0, 0.05) is 12.5 Å². The van der Waals surface area contributed by atoms with Gasteiger partial charge in [-0.05, 0) is 13.5 Å². The fraction of sp³-hybridized carbons (Fsp3) is 0.444. The first kappa shape index (κ1) is 11.9. The molecule has 5 nitrogen and oxygen atoms in total. The van der Waals surface area contributed by atoms with Crippen molar-refractivity contribution in [1.82, 2.24) is 9.97 Å². The third-order valence-electron chi connectivity index (χ3n) is 1.59. The van der Waals surface area contributed by atoms with Crippen LogP contribution in [-0.4, -0.2) is 29.1 Å². The van der Waals surface area contributed by atoms with E-state index in [0.717, 1.165) is 0 Å². The van der Waals surface area contributed by atoms with Crippen molar-refractivity contribution in [2.75, 3.05) is 13.2 Å². The molecule has 0 aromatic carbocycles. The number of carbonyl (C=O) groups is 1. The molecule has 1 aromatic heterocycles. The van der Waals surface area contributed by atoms with Crippen molar-refractivity contribution in [2.24, 2.45) is 5.73 Å². The van der Waals surface area contributed by atoms with Gasteiger partial charge in [-0.25, -0.2) is 14.8 Å². The minimum atomic E-state index is -0.500. The SMILES string of the molecule is CCOC(=O)c1cc(Cl)nc(CCN)n1. The van der Waals surface area contributed by atoms with Gasteiger partial charge in [-0.15, -0.1) is 0 Å². The van der Waals surface area contributed by atoms with E-state index in [-0.39, 0.29) is 10.8 Å². The summed E-state index contributed by atoms with van der Waals surface area (Å²) in [6.07, 6.45) is 0.479. The number of carbonyl (C=O) groups excluding carboxylic acids is 1. The number of ether oxygens (including phenoxy) is 1. The Labute approximate surface area is 92.6 Å². The summed E-state index contributed by atoms with van der Waals surface area (Å²) in [4.78, 5) is 19.3. The number of nitrogens with zero attached hydrogens (tertiary/aromatic N) is 2. The van der Waals surface area contributed by atoms with Crippen LogP contribution in [0.1, 0.15) is 23.2 Å². The van der Waals surface area contributed by atoms with Crippen LogP contribution in [0, 0.1) is 0 Å². The fourth-order valence-corrected chi connectivity index (χ4v) is 1.22. The first-order valence-corrected chi connectivity index (χ1v) is 4.95. The van der Waals surface area contributed by atoms with Gasteiger partial charge in [0.25, 0.3) is 0 Å².